The van der Waals surface area contributed by atoms with Gasteiger partial charge in [-0.25, -0.2) is 26.2 Å². The summed E-state index contributed by atoms with van der Waals surface area (Å²) in [5.41, 5.74) is 1.42. The lowest BCUT2D eigenvalue weighted by Gasteiger charge is -2.22. The topological polar surface area (TPSA) is 146 Å². The third kappa shape index (κ3) is 6.95. The molecule has 0 fully saturated rings. The number of nitrogens with zero attached hydrogens (tertiary/aromatic N) is 3. The molecule has 11 nitrogen and oxygen atoms in total. The summed E-state index contributed by atoms with van der Waals surface area (Å²) in [6, 6.07) is 16.2. The summed E-state index contributed by atoms with van der Waals surface area (Å²) in [4.78, 5) is 29.6. The number of carbonyl (C=O) groups is 2. The molecule has 46 heavy (non-hydrogen) atoms. The number of aromatic nitrogens is 2. The van der Waals surface area contributed by atoms with Crippen LogP contribution in [0.2, 0.25) is 0 Å². The maximum absolute atomic E-state index is 14.2. The van der Waals surface area contributed by atoms with E-state index in [0.29, 0.717) is 35.1 Å². The summed E-state index contributed by atoms with van der Waals surface area (Å²) >= 11 is 0. The first-order valence-corrected chi connectivity index (χ1v) is 18.1. The summed E-state index contributed by atoms with van der Waals surface area (Å²) in [6.07, 6.45) is 2.40. The summed E-state index contributed by atoms with van der Waals surface area (Å²) in [6.45, 7) is 10.4. The van der Waals surface area contributed by atoms with E-state index < -0.39 is 43.1 Å². The molecule has 5 rings (SSSR count). The van der Waals surface area contributed by atoms with Crippen molar-refractivity contribution in [1.29, 1.82) is 0 Å². The minimum atomic E-state index is -4.09. The normalized spacial score (nSPS) is 16.4. The summed E-state index contributed by atoms with van der Waals surface area (Å²) in [5.74, 6) is 0. The van der Waals surface area contributed by atoms with Gasteiger partial charge in [-0.05, 0) is 102 Å². The second-order valence-corrected chi connectivity index (χ2v) is 17.2. The van der Waals surface area contributed by atoms with Crippen molar-refractivity contribution in [3.05, 3.63) is 78.0 Å². The molecule has 2 atom stereocenters. The van der Waals surface area contributed by atoms with Gasteiger partial charge >= 0.3 is 12.2 Å². The van der Waals surface area contributed by atoms with Crippen molar-refractivity contribution in [3.63, 3.8) is 0 Å². The van der Waals surface area contributed by atoms with E-state index >= 15 is 0 Å². The highest BCUT2D eigenvalue weighted by Crippen LogP contribution is 2.40. The molecular formula is C33H38N4O7S2. The van der Waals surface area contributed by atoms with E-state index in [0.717, 1.165) is 11.1 Å². The number of hydrogen-bond acceptors (Lipinski definition) is 8. The molecule has 0 bridgehead atoms. The van der Waals surface area contributed by atoms with Crippen LogP contribution in [0.25, 0.3) is 22.3 Å². The van der Waals surface area contributed by atoms with Gasteiger partial charge in [-0.3, -0.25) is 4.98 Å². The SMILES string of the molecule is CC(C)(C)OC(=O)N=S(C)(=O)c1ccc(-c2cc3c4c(ccc3n2S(=O)(=O)c2ccccc2)[C@H](NC(=O)OC(C)(C)C)CC4)nc1. The van der Waals surface area contributed by atoms with Crippen molar-refractivity contribution in [1.82, 2.24) is 14.3 Å². The molecule has 0 saturated carbocycles. The van der Waals surface area contributed by atoms with Crippen molar-refractivity contribution < 1.29 is 31.7 Å². The van der Waals surface area contributed by atoms with Crippen LogP contribution in [0.3, 0.4) is 0 Å². The van der Waals surface area contributed by atoms with Gasteiger partial charge in [0.2, 0.25) is 0 Å². The van der Waals surface area contributed by atoms with E-state index in [1.807, 2.05) is 6.07 Å². The number of alkyl carbamates (subject to hydrolysis) is 1. The monoisotopic (exact) mass is 666 g/mol. The number of pyridine rings is 1. The molecule has 1 aliphatic rings. The fourth-order valence-electron chi connectivity index (χ4n) is 5.35. The van der Waals surface area contributed by atoms with Gasteiger partial charge in [-0.15, -0.1) is 4.36 Å². The Kier molecular flexibility index (Phi) is 8.54. The minimum absolute atomic E-state index is 0.100. The molecular weight excluding hydrogens is 629 g/mol. The zero-order valence-corrected chi connectivity index (χ0v) is 28.5. The number of ether oxygens (including phenoxy) is 2. The van der Waals surface area contributed by atoms with E-state index in [1.54, 1.807) is 77.9 Å². The molecule has 2 heterocycles. The molecule has 0 radical (unpaired) electrons. The van der Waals surface area contributed by atoms with Gasteiger partial charge < -0.3 is 14.8 Å². The number of carbonyl (C=O) groups excluding carboxylic acids is 2. The first kappa shape index (κ1) is 33.1. The lowest BCUT2D eigenvalue weighted by atomic mass is 10.0. The molecule has 0 spiro atoms. The first-order valence-electron chi connectivity index (χ1n) is 14.7. The lowest BCUT2D eigenvalue weighted by Crippen LogP contribution is -2.34. The Morgan fingerprint density at radius 2 is 1.59 bits per heavy atom. The Morgan fingerprint density at radius 3 is 2.20 bits per heavy atom. The van der Waals surface area contributed by atoms with Gasteiger partial charge in [-0.2, -0.15) is 0 Å². The third-order valence-electron chi connectivity index (χ3n) is 7.20. The average molecular weight is 667 g/mol. The molecule has 1 unspecified atom stereocenters. The van der Waals surface area contributed by atoms with Crippen LogP contribution in [-0.2, 0) is 35.6 Å². The van der Waals surface area contributed by atoms with Gasteiger partial charge in [0, 0.05) is 17.8 Å². The molecule has 0 saturated heterocycles. The lowest BCUT2D eigenvalue weighted by molar-refractivity contribution is 0.0502. The van der Waals surface area contributed by atoms with Gasteiger partial charge in [0.05, 0.1) is 42.5 Å². The number of rotatable bonds is 5. The van der Waals surface area contributed by atoms with E-state index in [1.165, 1.54) is 34.6 Å². The van der Waals surface area contributed by atoms with E-state index in [4.69, 9.17) is 9.47 Å². The Morgan fingerprint density at radius 1 is 0.913 bits per heavy atom. The highest BCUT2D eigenvalue weighted by Gasteiger charge is 2.31. The maximum Gasteiger partial charge on any atom is 0.442 e. The van der Waals surface area contributed by atoms with Crippen molar-refractivity contribution >= 4 is 42.8 Å². The molecule has 4 aromatic rings. The molecule has 13 heteroatoms. The van der Waals surface area contributed by atoms with E-state index in [-0.39, 0.29) is 15.8 Å². The molecule has 0 aliphatic heterocycles. The van der Waals surface area contributed by atoms with Crippen molar-refractivity contribution in [2.75, 3.05) is 6.26 Å². The first-order chi connectivity index (χ1) is 21.4. The van der Waals surface area contributed by atoms with Gasteiger partial charge in [-0.1, -0.05) is 24.3 Å². The number of amides is 2. The number of nitrogens with one attached hydrogen (secondary N) is 1. The summed E-state index contributed by atoms with van der Waals surface area (Å²) < 4.78 is 57.4. The summed E-state index contributed by atoms with van der Waals surface area (Å²) in [5, 5.41) is 3.66. The van der Waals surface area contributed by atoms with Crippen LogP contribution >= 0.6 is 0 Å². The number of fused-ring (bicyclic) bond motifs is 3. The molecule has 244 valence electrons. The van der Waals surface area contributed by atoms with Crippen LogP contribution < -0.4 is 5.32 Å². The fourth-order valence-corrected chi connectivity index (χ4v) is 7.88. The molecule has 2 aromatic carbocycles. The number of aryl methyl sites for hydroxylation is 1. The number of benzene rings is 2. The molecule has 1 N–H and O–H groups in total. The zero-order chi connectivity index (χ0) is 33.7. The van der Waals surface area contributed by atoms with E-state index in [9.17, 15) is 22.2 Å². The van der Waals surface area contributed by atoms with Crippen molar-refractivity contribution in [2.24, 2.45) is 4.36 Å². The molecule has 1 aliphatic carbocycles. The minimum Gasteiger partial charge on any atom is -0.444 e. The Bertz CT molecular complexity index is 2050. The smallest absolute Gasteiger partial charge is 0.442 e. The van der Waals surface area contributed by atoms with Crippen LogP contribution in [0.15, 0.2) is 81.0 Å². The van der Waals surface area contributed by atoms with Gasteiger partial charge in [0.1, 0.15) is 11.2 Å². The van der Waals surface area contributed by atoms with Crippen molar-refractivity contribution in [2.45, 2.75) is 81.4 Å². The second kappa shape index (κ2) is 11.8. The quantitative estimate of drug-likeness (QED) is 0.244. The Balaban J connectivity index is 1.61. The molecule has 2 aromatic heterocycles. The van der Waals surface area contributed by atoms with Crippen LogP contribution in [0.4, 0.5) is 9.59 Å². The Labute approximate surface area is 269 Å². The number of hydrogen-bond donors (Lipinski definition) is 1. The average Bonchev–Trinajstić information content (AvgIpc) is 3.53. The van der Waals surface area contributed by atoms with Crippen LogP contribution in [-0.4, -0.2) is 51.2 Å². The summed E-state index contributed by atoms with van der Waals surface area (Å²) in [7, 11) is -7.30. The Hall–Kier alpha value is -4.23. The zero-order valence-electron chi connectivity index (χ0n) is 26.9. The third-order valence-corrected chi connectivity index (χ3v) is 10.6. The predicted molar refractivity (Wildman–Crippen MR) is 176 cm³/mol. The van der Waals surface area contributed by atoms with Crippen LogP contribution in [0.5, 0.6) is 0 Å². The molecule has 2 amide bonds. The highest BCUT2D eigenvalue weighted by atomic mass is 32.2. The van der Waals surface area contributed by atoms with Gasteiger partial charge in [0.15, 0.2) is 0 Å². The standard InChI is InChI=1S/C33H38N4O7S2/c1-32(2,3)43-30(38)35-26-17-14-23-24(26)15-18-28-25(23)19-29(37(28)46(41,42)21-11-9-8-10-12-21)27-16-13-22(20-34-27)45(7,40)36-31(39)44-33(4,5)6/h8-13,15-16,18-20,26H,14,17H2,1-7H3,(H,35,38)/t26-,45?/m1/s1. The largest absolute Gasteiger partial charge is 0.444 e. The predicted octanol–water partition coefficient (Wildman–Crippen LogP) is 6.84. The fraction of sp³-hybridized carbons (Fsp3) is 0.364. The maximum atomic E-state index is 14.2. The second-order valence-electron chi connectivity index (χ2n) is 13.2. The van der Waals surface area contributed by atoms with Gasteiger partial charge in [0.25, 0.3) is 10.0 Å². The highest BCUT2D eigenvalue weighted by molar-refractivity contribution is 7.93. The van der Waals surface area contributed by atoms with E-state index in [2.05, 4.69) is 14.7 Å². The van der Waals surface area contributed by atoms with Crippen LogP contribution in [0, 0.1) is 0 Å². The van der Waals surface area contributed by atoms with Crippen molar-refractivity contribution in [3.8, 4) is 11.4 Å². The van der Waals surface area contributed by atoms with Crippen LogP contribution in [0.1, 0.15) is 65.1 Å².